The van der Waals surface area contributed by atoms with Crippen LogP contribution in [0.4, 0.5) is 4.39 Å². The van der Waals surface area contributed by atoms with Gasteiger partial charge in [-0.1, -0.05) is 12.1 Å². The van der Waals surface area contributed by atoms with Gasteiger partial charge in [0.2, 0.25) is 0 Å². The van der Waals surface area contributed by atoms with Crippen LogP contribution in [0.2, 0.25) is 0 Å². The van der Waals surface area contributed by atoms with Crippen LogP contribution in [0.1, 0.15) is 32.6 Å². The zero-order chi connectivity index (χ0) is 19.8. The Bertz CT molecular complexity index is 649. The van der Waals surface area contributed by atoms with Crippen molar-refractivity contribution in [2.45, 2.75) is 44.2 Å². The van der Waals surface area contributed by atoms with Crippen LogP contribution < -0.4 is 15.4 Å². The van der Waals surface area contributed by atoms with Gasteiger partial charge in [-0.25, -0.2) is 4.39 Å². The highest BCUT2D eigenvalue weighted by atomic mass is 127. The number of benzene rings is 1. The Morgan fingerprint density at radius 1 is 1.24 bits per heavy atom. The van der Waals surface area contributed by atoms with Crippen LogP contribution in [0.25, 0.3) is 0 Å². The number of ether oxygens (including phenoxy) is 2. The Kier molecular flexibility index (Phi) is 9.91. The Morgan fingerprint density at radius 3 is 2.59 bits per heavy atom. The van der Waals surface area contributed by atoms with Crippen molar-refractivity contribution < 1.29 is 13.9 Å². The third-order valence-electron chi connectivity index (χ3n) is 5.73. The molecular weight excluding hydrogens is 486 g/mol. The quantitative estimate of drug-likeness (QED) is 0.329. The minimum Gasteiger partial charge on any atom is -0.486 e. The fourth-order valence-corrected chi connectivity index (χ4v) is 4.06. The van der Waals surface area contributed by atoms with Gasteiger partial charge >= 0.3 is 0 Å². The Hall–Kier alpha value is -1.13. The van der Waals surface area contributed by atoms with E-state index in [4.69, 9.17) is 9.47 Å². The molecule has 0 aromatic heterocycles. The van der Waals surface area contributed by atoms with Crippen molar-refractivity contribution in [3.63, 3.8) is 0 Å². The van der Waals surface area contributed by atoms with Gasteiger partial charge < -0.3 is 20.1 Å². The molecule has 1 aromatic carbocycles. The number of halogens is 2. The van der Waals surface area contributed by atoms with E-state index in [1.54, 1.807) is 25.2 Å². The van der Waals surface area contributed by atoms with Gasteiger partial charge in [0.15, 0.2) is 17.5 Å². The molecule has 0 spiro atoms. The highest BCUT2D eigenvalue weighted by molar-refractivity contribution is 14.0. The van der Waals surface area contributed by atoms with E-state index in [1.165, 1.54) is 32.0 Å². The summed E-state index contributed by atoms with van der Waals surface area (Å²) in [5.74, 6) is 0.674. The third kappa shape index (κ3) is 6.68. The molecule has 2 fully saturated rings. The number of aliphatic imine (C=N–C) groups is 1. The largest absolute Gasteiger partial charge is 0.486 e. The lowest BCUT2D eigenvalue weighted by atomic mass is 9.88. The predicted molar refractivity (Wildman–Crippen MR) is 125 cm³/mol. The smallest absolute Gasteiger partial charge is 0.191 e. The first-order valence-corrected chi connectivity index (χ1v) is 10.3. The van der Waals surface area contributed by atoms with E-state index in [0.29, 0.717) is 6.54 Å². The Balaban J connectivity index is 0.00000300. The molecule has 29 heavy (non-hydrogen) atoms. The number of nitrogens with zero attached hydrogens (tertiary/aromatic N) is 2. The highest BCUT2D eigenvalue weighted by Gasteiger charge is 2.39. The molecule has 164 valence electrons. The number of para-hydroxylation sites is 1. The van der Waals surface area contributed by atoms with Crippen LogP contribution >= 0.6 is 24.0 Å². The summed E-state index contributed by atoms with van der Waals surface area (Å²) in [6.45, 7) is 7.27. The molecular formula is C21H34FIN4O2. The Labute approximate surface area is 190 Å². The van der Waals surface area contributed by atoms with Crippen molar-refractivity contribution in [1.29, 1.82) is 0 Å². The molecule has 1 unspecified atom stereocenters. The van der Waals surface area contributed by atoms with E-state index >= 15 is 0 Å². The maximum Gasteiger partial charge on any atom is 0.191 e. The first-order chi connectivity index (χ1) is 13.6. The molecule has 1 aromatic rings. The summed E-state index contributed by atoms with van der Waals surface area (Å²) in [4.78, 5) is 6.97. The maximum atomic E-state index is 13.7. The van der Waals surface area contributed by atoms with Gasteiger partial charge in [0.1, 0.15) is 6.10 Å². The average molecular weight is 520 g/mol. The molecule has 0 bridgehead atoms. The zero-order valence-corrected chi connectivity index (χ0v) is 19.8. The molecule has 0 radical (unpaired) electrons. The van der Waals surface area contributed by atoms with Crippen molar-refractivity contribution in [3.8, 4) is 5.75 Å². The molecule has 3 rings (SSSR count). The SMILES string of the molecule is CN=C(NCC(C)Oc1ccccc1F)NCC1(N2CCCC2)CCOCC1.I. The van der Waals surface area contributed by atoms with E-state index in [1.807, 2.05) is 6.92 Å². The van der Waals surface area contributed by atoms with E-state index < -0.39 is 0 Å². The number of likely N-dealkylation sites (tertiary alicyclic amines) is 1. The topological polar surface area (TPSA) is 58.1 Å². The fourth-order valence-electron chi connectivity index (χ4n) is 4.06. The van der Waals surface area contributed by atoms with Crippen LogP contribution in [0.15, 0.2) is 29.3 Å². The molecule has 0 aliphatic carbocycles. The standard InChI is InChI=1S/C21H33FN4O2.HI/c1-17(28-19-8-4-3-7-18(19)22)15-24-20(23-2)25-16-21(9-13-27-14-10-21)26-11-5-6-12-26;/h3-4,7-8,17H,5-6,9-16H2,1-2H3,(H2,23,24,25);1H. The second kappa shape index (κ2) is 11.9. The van der Waals surface area contributed by atoms with Gasteiger partial charge in [-0.05, 0) is 57.8 Å². The van der Waals surface area contributed by atoms with Gasteiger partial charge in [-0.15, -0.1) is 24.0 Å². The van der Waals surface area contributed by atoms with Crippen molar-refractivity contribution in [2.24, 2.45) is 4.99 Å². The lowest BCUT2D eigenvalue weighted by Gasteiger charge is -2.45. The van der Waals surface area contributed by atoms with Crippen molar-refractivity contribution >= 4 is 29.9 Å². The van der Waals surface area contributed by atoms with Gasteiger partial charge in [-0.2, -0.15) is 0 Å². The van der Waals surface area contributed by atoms with Gasteiger partial charge in [0.05, 0.1) is 6.54 Å². The summed E-state index contributed by atoms with van der Waals surface area (Å²) in [6.07, 6.45) is 4.46. The molecule has 1 atom stereocenters. The van der Waals surface area contributed by atoms with Crippen molar-refractivity contribution in [1.82, 2.24) is 15.5 Å². The molecule has 2 N–H and O–H groups in total. The van der Waals surface area contributed by atoms with Crippen LogP contribution in [0.5, 0.6) is 5.75 Å². The first kappa shape index (κ1) is 24.1. The summed E-state index contributed by atoms with van der Waals surface area (Å²) >= 11 is 0. The van der Waals surface area contributed by atoms with Crippen LogP contribution in [0, 0.1) is 5.82 Å². The maximum absolute atomic E-state index is 13.7. The lowest BCUT2D eigenvalue weighted by molar-refractivity contribution is -0.0164. The van der Waals surface area contributed by atoms with E-state index in [2.05, 4.69) is 20.5 Å². The summed E-state index contributed by atoms with van der Waals surface area (Å²) in [5, 5.41) is 6.80. The third-order valence-corrected chi connectivity index (χ3v) is 5.73. The number of guanidine groups is 1. The summed E-state index contributed by atoms with van der Waals surface area (Å²) in [7, 11) is 1.77. The van der Waals surface area contributed by atoms with Crippen LogP contribution in [-0.2, 0) is 4.74 Å². The van der Waals surface area contributed by atoms with E-state index in [0.717, 1.165) is 38.6 Å². The van der Waals surface area contributed by atoms with Gasteiger partial charge in [-0.3, -0.25) is 9.89 Å². The second-order valence-corrected chi connectivity index (χ2v) is 7.70. The molecule has 2 saturated heterocycles. The van der Waals surface area contributed by atoms with Gasteiger partial charge in [0.25, 0.3) is 0 Å². The Morgan fingerprint density at radius 2 is 1.93 bits per heavy atom. The minimum absolute atomic E-state index is 0. The number of nitrogens with one attached hydrogen (secondary N) is 2. The zero-order valence-electron chi connectivity index (χ0n) is 17.5. The van der Waals surface area contributed by atoms with Crippen LogP contribution in [-0.4, -0.2) is 68.9 Å². The second-order valence-electron chi connectivity index (χ2n) is 7.70. The predicted octanol–water partition coefficient (Wildman–Crippen LogP) is 3.02. The van der Waals surface area contributed by atoms with Gasteiger partial charge in [0, 0.05) is 32.3 Å². The number of hydrogen-bond donors (Lipinski definition) is 2. The molecule has 0 amide bonds. The number of hydrogen-bond acceptors (Lipinski definition) is 4. The normalized spacial score (nSPS) is 20.6. The minimum atomic E-state index is -0.344. The van der Waals surface area contributed by atoms with Crippen molar-refractivity contribution in [2.75, 3.05) is 46.4 Å². The number of rotatable bonds is 7. The molecule has 6 nitrogen and oxygen atoms in total. The monoisotopic (exact) mass is 520 g/mol. The van der Waals surface area contributed by atoms with E-state index in [9.17, 15) is 4.39 Å². The average Bonchev–Trinajstić information content (AvgIpc) is 3.26. The molecule has 8 heteroatoms. The lowest BCUT2D eigenvalue weighted by Crippen LogP contribution is -2.58. The van der Waals surface area contributed by atoms with Crippen molar-refractivity contribution in [3.05, 3.63) is 30.1 Å². The van der Waals surface area contributed by atoms with E-state index in [-0.39, 0.29) is 47.2 Å². The molecule has 2 heterocycles. The summed E-state index contributed by atoms with van der Waals surface area (Å²) in [5.41, 5.74) is 0.141. The molecule has 2 aliphatic heterocycles. The summed E-state index contributed by atoms with van der Waals surface area (Å²) in [6, 6.07) is 6.47. The molecule has 0 saturated carbocycles. The fraction of sp³-hybridized carbons (Fsp3) is 0.667. The highest BCUT2D eigenvalue weighted by Crippen LogP contribution is 2.30. The summed E-state index contributed by atoms with van der Waals surface area (Å²) < 4.78 is 25.0. The van der Waals surface area contributed by atoms with Crippen LogP contribution in [0.3, 0.4) is 0 Å². The first-order valence-electron chi connectivity index (χ1n) is 10.3. The molecule has 2 aliphatic rings.